The highest BCUT2D eigenvalue weighted by Gasteiger charge is 2.26. The molecule has 0 aromatic carbocycles. The number of hydrogen-bond donors (Lipinski definition) is 1. The van der Waals surface area contributed by atoms with Crippen molar-refractivity contribution in [3.8, 4) is 0 Å². The fourth-order valence-corrected chi connectivity index (χ4v) is 2.46. The Morgan fingerprint density at radius 3 is 2.15 bits per heavy atom. The number of hydrogen-bond acceptors (Lipinski definition) is 3. The van der Waals surface area contributed by atoms with Crippen LogP contribution in [0.3, 0.4) is 0 Å². The van der Waals surface area contributed by atoms with Crippen LogP contribution in [0.25, 0.3) is 0 Å². The van der Waals surface area contributed by atoms with Crippen LogP contribution in [-0.4, -0.2) is 52.4 Å². The quantitative estimate of drug-likeness (QED) is 0.858. The van der Waals surface area contributed by atoms with Crippen molar-refractivity contribution >= 4 is 17.5 Å². The lowest BCUT2D eigenvalue weighted by atomic mass is 10.1. The summed E-state index contributed by atoms with van der Waals surface area (Å²) >= 11 is 0. The predicted molar refractivity (Wildman–Crippen MR) is 77.1 cm³/mol. The molecule has 2 rings (SSSR count). The number of carbonyl (C=O) groups excluding carboxylic acids is 2. The van der Waals surface area contributed by atoms with Crippen molar-refractivity contribution < 1.29 is 9.59 Å². The molecular formula is C14H22N4O2. The van der Waals surface area contributed by atoms with Crippen molar-refractivity contribution in [3.63, 3.8) is 0 Å². The number of piperazine rings is 1. The first-order chi connectivity index (χ1) is 9.40. The minimum absolute atomic E-state index is 0.00456. The molecule has 6 nitrogen and oxygen atoms in total. The van der Waals surface area contributed by atoms with Gasteiger partial charge in [0.15, 0.2) is 0 Å². The minimum atomic E-state index is -0.0270. The van der Waals surface area contributed by atoms with Gasteiger partial charge in [-0.05, 0) is 6.07 Å². The molecule has 0 saturated carbocycles. The van der Waals surface area contributed by atoms with Crippen LogP contribution in [-0.2, 0) is 11.8 Å². The third-order valence-corrected chi connectivity index (χ3v) is 3.62. The Labute approximate surface area is 119 Å². The van der Waals surface area contributed by atoms with Crippen LogP contribution in [0.1, 0.15) is 24.3 Å². The van der Waals surface area contributed by atoms with Gasteiger partial charge in [0.25, 0.3) is 5.91 Å². The molecule has 1 aromatic rings. The number of carbonyl (C=O) groups is 2. The number of aromatic nitrogens is 1. The van der Waals surface area contributed by atoms with Crippen LogP contribution >= 0.6 is 0 Å². The van der Waals surface area contributed by atoms with Crippen molar-refractivity contribution in [2.75, 3.05) is 31.9 Å². The summed E-state index contributed by atoms with van der Waals surface area (Å²) in [7, 11) is 1.81. The number of aryl methyl sites for hydroxylation is 1. The monoisotopic (exact) mass is 278 g/mol. The van der Waals surface area contributed by atoms with Gasteiger partial charge in [0, 0.05) is 45.3 Å². The Hall–Kier alpha value is -1.98. The van der Waals surface area contributed by atoms with E-state index in [1.165, 1.54) is 0 Å². The first-order valence-electron chi connectivity index (χ1n) is 6.90. The summed E-state index contributed by atoms with van der Waals surface area (Å²) in [5, 5.41) is 0. The van der Waals surface area contributed by atoms with E-state index in [2.05, 4.69) is 0 Å². The van der Waals surface area contributed by atoms with E-state index in [9.17, 15) is 9.59 Å². The van der Waals surface area contributed by atoms with E-state index in [0.717, 1.165) is 0 Å². The maximum Gasteiger partial charge on any atom is 0.270 e. The summed E-state index contributed by atoms with van der Waals surface area (Å²) in [5.41, 5.74) is 6.87. The van der Waals surface area contributed by atoms with Crippen molar-refractivity contribution in [3.05, 3.63) is 18.0 Å². The largest absolute Gasteiger partial charge is 0.397 e. The Bertz CT molecular complexity index is 513. The molecule has 2 amide bonds. The molecule has 0 spiro atoms. The third kappa shape index (κ3) is 2.79. The summed E-state index contributed by atoms with van der Waals surface area (Å²) in [6.07, 6.45) is 1.73. The normalized spacial score (nSPS) is 15.8. The van der Waals surface area contributed by atoms with Gasteiger partial charge in [-0.15, -0.1) is 0 Å². The molecule has 1 saturated heterocycles. The SMILES string of the molecule is CC(C)C(=O)N1CCN(C(=O)c2cc(N)cn2C)CC1. The number of rotatable bonds is 2. The second-order valence-corrected chi connectivity index (χ2v) is 5.54. The average Bonchev–Trinajstić information content (AvgIpc) is 2.76. The van der Waals surface area contributed by atoms with Crippen molar-refractivity contribution in [1.82, 2.24) is 14.4 Å². The highest BCUT2D eigenvalue weighted by Crippen LogP contribution is 2.14. The lowest BCUT2D eigenvalue weighted by molar-refractivity contribution is -0.135. The Morgan fingerprint density at radius 2 is 1.70 bits per heavy atom. The fourth-order valence-electron chi connectivity index (χ4n) is 2.46. The maximum absolute atomic E-state index is 12.4. The smallest absolute Gasteiger partial charge is 0.270 e. The van der Waals surface area contributed by atoms with E-state index >= 15 is 0 Å². The zero-order chi connectivity index (χ0) is 14.9. The maximum atomic E-state index is 12.4. The molecule has 0 unspecified atom stereocenters. The fraction of sp³-hybridized carbons (Fsp3) is 0.571. The zero-order valence-electron chi connectivity index (χ0n) is 12.3. The van der Waals surface area contributed by atoms with Gasteiger partial charge in [-0.2, -0.15) is 0 Å². The van der Waals surface area contributed by atoms with Crippen LogP contribution in [0.5, 0.6) is 0 Å². The van der Waals surface area contributed by atoms with E-state index < -0.39 is 0 Å². The highest BCUT2D eigenvalue weighted by atomic mass is 16.2. The van der Waals surface area contributed by atoms with Crippen LogP contribution < -0.4 is 5.73 Å². The van der Waals surface area contributed by atoms with E-state index in [1.807, 2.05) is 25.8 Å². The molecule has 6 heteroatoms. The third-order valence-electron chi connectivity index (χ3n) is 3.62. The van der Waals surface area contributed by atoms with Crippen molar-refractivity contribution in [1.29, 1.82) is 0 Å². The molecule has 1 aliphatic rings. The molecule has 0 atom stereocenters. The first kappa shape index (κ1) is 14.4. The zero-order valence-corrected chi connectivity index (χ0v) is 12.3. The second kappa shape index (κ2) is 5.56. The standard InChI is InChI=1S/C14H22N4O2/c1-10(2)13(19)17-4-6-18(7-5-17)14(20)12-8-11(15)9-16(12)3/h8-10H,4-7,15H2,1-3H3. The summed E-state index contributed by atoms with van der Waals surface area (Å²) < 4.78 is 1.74. The van der Waals surface area contributed by atoms with Crippen LogP contribution in [0.4, 0.5) is 5.69 Å². The number of anilines is 1. The number of amides is 2. The molecule has 0 aliphatic carbocycles. The van der Waals surface area contributed by atoms with E-state index in [0.29, 0.717) is 37.6 Å². The molecule has 1 fully saturated rings. The number of nitrogens with zero attached hydrogens (tertiary/aromatic N) is 3. The molecule has 2 heterocycles. The lowest BCUT2D eigenvalue weighted by Crippen LogP contribution is -2.51. The molecule has 0 bridgehead atoms. The first-order valence-corrected chi connectivity index (χ1v) is 6.90. The average molecular weight is 278 g/mol. The van der Waals surface area contributed by atoms with E-state index in [4.69, 9.17) is 5.73 Å². The summed E-state index contributed by atoms with van der Waals surface area (Å²) in [6, 6.07) is 1.69. The van der Waals surface area contributed by atoms with E-state index in [1.54, 1.807) is 21.7 Å². The molecule has 20 heavy (non-hydrogen) atoms. The molecule has 1 aromatic heterocycles. The Balaban J connectivity index is 1.99. The van der Waals surface area contributed by atoms with Gasteiger partial charge < -0.3 is 20.1 Å². The molecular weight excluding hydrogens is 256 g/mol. The highest BCUT2D eigenvalue weighted by molar-refractivity contribution is 5.94. The summed E-state index contributed by atoms with van der Waals surface area (Å²) in [5.74, 6) is 0.131. The summed E-state index contributed by atoms with van der Waals surface area (Å²) in [6.45, 7) is 6.13. The van der Waals surface area contributed by atoms with Gasteiger partial charge in [0.05, 0.1) is 5.69 Å². The van der Waals surface area contributed by atoms with Crippen molar-refractivity contribution in [2.24, 2.45) is 13.0 Å². The van der Waals surface area contributed by atoms with Crippen LogP contribution in [0.2, 0.25) is 0 Å². The van der Waals surface area contributed by atoms with Gasteiger partial charge in [0.2, 0.25) is 5.91 Å². The predicted octanol–water partition coefficient (Wildman–Crippen LogP) is 0.548. The van der Waals surface area contributed by atoms with E-state index in [-0.39, 0.29) is 17.7 Å². The van der Waals surface area contributed by atoms with Gasteiger partial charge >= 0.3 is 0 Å². The topological polar surface area (TPSA) is 71.6 Å². The number of nitrogen functional groups attached to an aromatic ring is 1. The van der Waals surface area contributed by atoms with Crippen LogP contribution in [0, 0.1) is 5.92 Å². The van der Waals surface area contributed by atoms with Gasteiger partial charge in [-0.25, -0.2) is 0 Å². The Kier molecular flexibility index (Phi) is 4.01. The molecule has 0 radical (unpaired) electrons. The molecule has 2 N–H and O–H groups in total. The van der Waals surface area contributed by atoms with Crippen LogP contribution in [0.15, 0.2) is 12.3 Å². The number of nitrogens with two attached hydrogens (primary N) is 1. The molecule has 1 aliphatic heterocycles. The van der Waals surface area contributed by atoms with Gasteiger partial charge in [0.1, 0.15) is 5.69 Å². The second-order valence-electron chi connectivity index (χ2n) is 5.54. The van der Waals surface area contributed by atoms with Gasteiger partial charge in [-0.1, -0.05) is 13.8 Å². The van der Waals surface area contributed by atoms with Crippen molar-refractivity contribution in [2.45, 2.75) is 13.8 Å². The Morgan fingerprint density at radius 1 is 1.15 bits per heavy atom. The molecule has 110 valence electrons. The van der Waals surface area contributed by atoms with Gasteiger partial charge in [-0.3, -0.25) is 9.59 Å². The minimum Gasteiger partial charge on any atom is -0.397 e. The summed E-state index contributed by atoms with van der Waals surface area (Å²) in [4.78, 5) is 27.9. The lowest BCUT2D eigenvalue weighted by Gasteiger charge is -2.35.